The van der Waals surface area contributed by atoms with Crippen LogP contribution in [0.15, 0.2) is 46.7 Å². The molecule has 0 radical (unpaired) electrons. The van der Waals surface area contributed by atoms with E-state index in [0.29, 0.717) is 0 Å². The van der Waals surface area contributed by atoms with Crippen molar-refractivity contribution in [3.63, 3.8) is 0 Å². The van der Waals surface area contributed by atoms with Gasteiger partial charge in [-0.2, -0.15) is 3.22 Å². The summed E-state index contributed by atoms with van der Waals surface area (Å²) in [6.45, 7) is 8.30. The molecule has 0 aromatic carbocycles. The third kappa shape index (κ3) is 7.15. The highest BCUT2D eigenvalue weighted by Crippen LogP contribution is 2.14. The minimum absolute atomic E-state index is 0.00641. The average molecular weight is 405 g/mol. The van der Waals surface area contributed by atoms with Crippen LogP contribution in [0.4, 0.5) is 0 Å². The molecule has 0 amide bonds. The van der Waals surface area contributed by atoms with E-state index in [0.717, 1.165) is 25.3 Å². The molecular formula is C16H24INO3. The second-order valence-corrected chi connectivity index (χ2v) is 5.11. The zero-order valence-electron chi connectivity index (χ0n) is 12.9. The van der Waals surface area contributed by atoms with Gasteiger partial charge in [-0.3, -0.25) is 0 Å². The van der Waals surface area contributed by atoms with E-state index in [4.69, 9.17) is 9.30 Å². The molecule has 0 N–H and O–H groups in total. The van der Waals surface area contributed by atoms with Crippen molar-refractivity contribution in [1.82, 2.24) is 4.90 Å². The maximum Gasteiger partial charge on any atom is 0.155 e. The molecule has 4 nitrogen and oxygen atoms in total. The number of hydrogen-bond acceptors (Lipinski definition) is 4. The molecule has 0 spiro atoms. The first-order valence-corrected chi connectivity index (χ1v) is 8.18. The van der Waals surface area contributed by atoms with Gasteiger partial charge in [0.1, 0.15) is 11.9 Å². The van der Waals surface area contributed by atoms with Gasteiger partial charge < -0.3 is 9.32 Å². The molecule has 1 atom stereocenters. The van der Waals surface area contributed by atoms with Crippen LogP contribution in [0.5, 0.6) is 0 Å². The lowest BCUT2D eigenvalue weighted by Crippen LogP contribution is -2.23. The van der Waals surface area contributed by atoms with Crippen molar-refractivity contribution in [2.75, 3.05) is 13.1 Å². The Bertz CT molecular complexity index is 429. The largest absolute Gasteiger partial charge is 0.469 e. The average Bonchev–Trinajstić information content (AvgIpc) is 3.03. The highest BCUT2D eigenvalue weighted by molar-refractivity contribution is 14.1. The standard InChI is InChI=1S/C10H16INO2.C6H8O/c1-3-6-12-7-4-10(5-8-12)9(2)13-14-11;1-2-6-4-3-5-7-6/h4-5,7,9H,3,6,8H2,1-2H3;3-5H,2H2,1H3. The molecule has 0 aliphatic carbocycles. The van der Waals surface area contributed by atoms with Crippen molar-refractivity contribution < 1.29 is 12.5 Å². The first-order valence-electron chi connectivity index (χ1n) is 7.30. The van der Waals surface area contributed by atoms with E-state index in [1.54, 1.807) is 29.3 Å². The monoisotopic (exact) mass is 405 g/mol. The van der Waals surface area contributed by atoms with Crippen LogP contribution in [0.25, 0.3) is 0 Å². The van der Waals surface area contributed by atoms with E-state index in [2.05, 4.69) is 40.3 Å². The second kappa shape index (κ2) is 10.9. The summed E-state index contributed by atoms with van der Waals surface area (Å²) in [5.41, 5.74) is 1.18. The predicted octanol–water partition coefficient (Wildman–Crippen LogP) is 4.68. The number of hydrogen-bond donors (Lipinski definition) is 0. The summed E-state index contributed by atoms with van der Waals surface area (Å²) in [4.78, 5) is 7.30. The van der Waals surface area contributed by atoms with Crippen LogP contribution >= 0.6 is 23.0 Å². The Hall–Kier alpha value is -0.790. The summed E-state index contributed by atoms with van der Waals surface area (Å²) >= 11 is 1.73. The minimum Gasteiger partial charge on any atom is -0.469 e. The summed E-state index contributed by atoms with van der Waals surface area (Å²) in [5.74, 6) is 1.06. The van der Waals surface area contributed by atoms with Crippen molar-refractivity contribution in [3.05, 3.63) is 48.1 Å². The van der Waals surface area contributed by atoms with Gasteiger partial charge in [-0.1, -0.05) is 19.9 Å². The van der Waals surface area contributed by atoms with E-state index in [1.807, 2.05) is 19.1 Å². The van der Waals surface area contributed by atoms with E-state index >= 15 is 0 Å². The lowest BCUT2D eigenvalue weighted by molar-refractivity contribution is -0.190. The van der Waals surface area contributed by atoms with Gasteiger partial charge in [-0.05, 0) is 43.3 Å². The van der Waals surface area contributed by atoms with Crippen molar-refractivity contribution in [1.29, 1.82) is 0 Å². The maximum absolute atomic E-state index is 5.03. The topological polar surface area (TPSA) is 34.8 Å². The van der Waals surface area contributed by atoms with E-state index in [1.165, 1.54) is 12.0 Å². The van der Waals surface area contributed by atoms with Gasteiger partial charge in [0.05, 0.1) is 6.26 Å². The fourth-order valence-electron chi connectivity index (χ4n) is 1.92. The number of aryl methyl sites for hydroxylation is 1. The number of halogens is 1. The Morgan fingerprint density at radius 1 is 1.43 bits per heavy atom. The molecule has 2 heterocycles. The molecule has 0 saturated heterocycles. The molecule has 118 valence electrons. The molecule has 2 rings (SSSR count). The highest BCUT2D eigenvalue weighted by atomic mass is 127. The normalized spacial score (nSPS) is 15.2. The number of rotatable bonds is 6. The van der Waals surface area contributed by atoms with Gasteiger partial charge in [-0.25, -0.2) is 4.89 Å². The predicted molar refractivity (Wildman–Crippen MR) is 92.8 cm³/mol. The zero-order valence-corrected chi connectivity index (χ0v) is 15.1. The fraction of sp³-hybridized carbons (Fsp3) is 0.500. The Kier molecular flexibility index (Phi) is 9.45. The van der Waals surface area contributed by atoms with Crippen LogP contribution in [0.3, 0.4) is 0 Å². The van der Waals surface area contributed by atoms with Crippen LogP contribution in [0.1, 0.15) is 33.0 Å². The van der Waals surface area contributed by atoms with E-state index in [-0.39, 0.29) is 6.10 Å². The van der Waals surface area contributed by atoms with Crippen molar-refractivity contribution >= 4 is 23.0 Å². The smallest absolute Gasteiger partial charge is 0.155 e. The van der Waals surface area contributed by atoms with Crippen LogP contribution < -0.4 is 0 Å². The third-order valence-corrected chi connectivity index (χ3v) is 3.34. The SMILES string of the molecule is CCCN1C=CC(C(C)OOI)=CC1.CCc1ccco1. The van der Waals surface area contributed by atoms with Crippen molar-refractivity contribution in [3.8, 4) is 0 Å². The summed E-state index contributed by atoms with van der Waals surface area (Å²) in [7, 11) is 0. The number of furan rings is 1. The second-order valence-electron chi connectivity index (χ2n) is 4.75. The van der Waals surface area contributed by atoms with Gasteiger partial charge >= 0.3 is 0 Å². The molecule has 1 aliphatic rings. The van der Waals surface area contributed by atoms with Gasteiger partial charge in [-0.15, -0.1) is 0 Å². The molecule has 0 saturated carbocycles. The fourth-order valence-corrected chi connectivity index (χ4v) is 2.23. The molecular weight excluding hydrogens is 381 g/mol. The highest BCUT2D eigenvalue weighted by Gasteiger charge is 2.11. The van der Waals surface area contributed by atoms with Crippen LogP contribution in [0.2, 0.25) is 0 Å². The first-order chi connectivity index (χ1) is 10.2. The molecule has 0 fully saturated rings. The van der Waals surface area contributed by atoms with Gasteiger partial charge in [0.25, 0.3) is 0 Å². The Balaban J connectivity index is 0.000000262. The zero-order chi connectivity index (χ0) is 15.5. The van der Waals surface area contributed by atoms with Gasteiger partial charge in [0, 0.05) is 19.5 Å². The first kappa shape index (κ1) is 18.3. The van der Waals surface area contributed by atoms with Crippen molar-refractivity contribution in [2.45, 2.75) is 39.7 Å². The molecule has 1 unspecified atom stereocenters. The van der Waals surface area contributed by atoms with Crippen molar-refractivity contribution in [2.24, 2.45) is 0 Å². The van der Waals surface area contributed by atoms with E-state index < -0.39 is 0 Å². The molecule has 1 aromatic rings. The Morgan fingerprint density at radius 2 is 2.24 bits per heavy atom. The Morgan fingerprint density at radius 3 is 2.67 bits per heavy atom. The Labute approximate surface area is 141 Å². The summed E-state index contributed by atoms with van der Waals surface area (Å²) < 4.78 is 9.60. The number of nitrogens with zero attached hydrogens (tertiary/aromatic N) is 1. The maximum atomic E-state index is 5.03. The molecule has 0 bridgehead atoms. The lowest BCUT2D eigenvalue weighted by atomic mass is 10.1. The quantitative estimate of drug-likeness (QED) is 0.391. The van der Waals surface area contributed by atoms with Gasteiger partial charge in [0.2, 0.25) is 0 Å². The van der Waals surface area contributed by atoms with Crippen LogP contribution in [0, 0.1) is 0 Å². The van der Waals surface area contributed by atoms with E-state index in [9.17, 15) is 0 Å². The summed E-state index contributed by atoms with van der Waals surface area (Å²) in [5, 5.41) is 0. The summed E-state index contributed by atoms with van der Waals surface area (Å²) in [6, 6.07) is 3.87. The van der Waals surface area contributed by atoms with Crippen LogP contribution in [-0.2, 0) is 14.5 Å². The minimum atomic E-state index is 0.00641. The molecule has 1 aromatic heterocycles. The van der Waals surface area contributed by atoms with Crippen LogP contribution in [-0.4, -0.2) is 24.1 Å². The summed E-state index contributed by atoms with van der Waals surface area (Å²) in [6.07, 6.45) is 10.2. The molecule has 1 aliphatic heterocycles. The lowest BCUT2D eigenvalue weighted by Gasteiger charge is -2.23. The third-order valence-electron chi connectivity index (χ3n) is 3.13. The molecule has 5 heteroatoms. The van der Waals surface area contributed by atoms with Gasteiger partial charge in [0.15, 0.2) is 23.0 Å². The molecule has 21 heavy (non-hydrogen) atoms.